The molecular weight excluding hydrogens is 1800 g/mol. The highest BCUT2D eigenvalue weighted by Crippen LogP contribution is 2.33. The average molecular weight is 1890 g/mol. The number of rotatable bonds is 22. The van der Waals surface area contributed by atoms with E-state index in [1.165, 1.54) is 91.5 Å². The zero-order chi connectivity index (χ0) is 96.3. The molecule has 16 aromatic rings. The number of anilines is 4. The van der Waals surface area contributed by atoms with Gasteiger partial charge < -0.3 is 48.7 Å². The van der Waals surface area contributed by atoms with Crippen molar-refractivity contribution in [3.63, 3.8) is 0 Å². The van der Waals surface area contributed by atoms with Crippen molar-refractivity contribution >= 4 is 47.0 Å². The van der Waals surface area contributed by atoms with Crippen molar-refractivity contribution in [1.29, 1.82) is 0 Å². The summed E-state index contributed by atoms with van der Waals surface area (Å²) in [4.78, 5) is 110. The molecule has 12 aromatic heterocycles. The van der Waals surface area contributed by atoms with Crippen LogP contribution in [-0.2, 0) is 45.4 Å². The fourth-order valence-corrected chi connectivity index (χ4v) is 15.9. The van der Waals surface area contributed by atoms with E-state index in [0.29, 0.717) is 202 Å². The van der Waals surface area contributed by atoms with Crippen LogP contribution in [0.25, 0.3) is 90.6 Å². The van der Waals surface area contributed by atoms with Crippen molar-refractivity contribution in [2.75, 3.05) is 139 Å². The van der Waals surface area contributed by atoms with E-state index >= 15 is 0 Å². The summed E-state index contributed by atoms with van der Waals surface area (Å²) in [6.07, 6.45) is 12.5. The van der Waals surface area contributed by atoms with Crippen molar-refractivity contribution in [3.8, 4) is 102 Å². The van der Waals surface area contributed by atoms with Crippen LogP contribution in [0.15, 0.2) is 262 Å². The summed E-state index contributed by atoms with van der Waals surface area (Å²) in [5.74, 6) is 0.839. The molecule has 4 saturated heterocycles. The molecule has 4 fully saturated rings. The minimum atomic E-state index is -0.452. The quantitative estimate of drug-likeness (QED) is 0.0569. The van der Waals surface area contributed by atoms with Gasteiger partial charge in [-0.2, -0.15) is 25.5 Å². The SMILES string of the molecule is COc1cc(N2CCN(C(=O)Cn3nc(-c4ccc(F)cn4)cc3-c3ccc(F)cc3)CC2)ncn1.COc1cc(N2CCN(C(=O)Cn3nc(-c4ccc(F)cn4)cc3-c3ccccc3)CC2)ncn1.O=C(Cn1nc(-c2ccc(F)cn2)cc1-c1ccc(F)cc1)N1CCN(c2cccnn2)CC1.O=C(Cn1nc(-c2ccc(F)cn2)cc1-c1ccc(F)cc1)N1CCN(c2ncccn2)CC1. The molecule has 4 aromatic carbocycles. The van der Waals surface area contributed by atoms with E-state index in [9.17, 15) is 49.9 Å². The van der Waals surface area contributed by atoms with Crippen LogP contribution in [0, 0.1) is 40.7 Å². The van der Waals surface area contributed by atoms with E-state index < -0.39 is 23.3 Å². The second kappa shape index (κ2) is 43.9. The van der Waals surface area contributed by atoms with Crippen molar-refractivity contribution in [3.05, 3.63) is 303 Å². The largest absolute Gasteiger partial charge is 0.481 e. The molecule has 4 aliphatic rings. The molecule has 34 nitrogen and oxygen atoms in total. The number of piperazine rings is 4. The third-order valence-electron chi connectivity index (χ3n) is 23.3. The van der Waals surface area contributed by atoms with Crippen molar-refractivity contribution in [2.24, 2.45) is 0 Å². The van der Waals surface area contributed by atoms with Gasteiger partial charge in [0.2, 0.25) is 41.3 Å². The third-order valence-corrected chi connectivity index (χ3v) is 23.3. The van der Waals surface area contributed by atoms with E-state index in [4.69, 9.17) is 9.47 Å². The summed E-state index contributed by atoms with van der Waals surface area (Å²) in [5, 5.41) is 26.4. The lowest BCUT2D eigenvalue weighted by molar-refractivity contribution is -0.133. The maximum absolute atomic E-state index is 13.5. The second-order valence-corrected chi connectivity index (χ2v) is 32.1. The Hall–Kier alpha value is -17.2. The Balaban J connectivity index is 0.000000128. The van der Waals surface area contributed by atoms with Gasteiger partial charge in [0.05, 0.1) is 84.6 Å². The molecule has 0 radical (unpaired) electrons. The Morgan fingerprint density at radius 1 is 0.273 bits per heavy atom. The highest BCUT2D eigenvalue weighted by atomic mass is 19.2. The number of carbonyl (C=O) groups excluding carboxylic acids is 4. The molecule has 20 rings (SSSR count). The molecule has 4 aliphatic heterocycles. The fraction of sp³-hybridized carbons (Fsp3) is 0.224. The maximum Gasteiger partial charge on any atom is 0.244 e. The second-order valence-electron chi connectivity index (χ2n) is 32.1. The van der Waals surface area contributed by atoms with Crippen LogP contribution in [-0.4, -0.2) is 261 Å². The standard InChI is InChI=1S/C25H23F2N7O2.C25H24FN7O2.2C24H21F2N7O/c1-36-24-13-23(29-16-30-24)32-8-10-33(11-9-32)25(35)15-34-22(17-2-4-18(26)5-3-17)12-21(31-34)20-7-6-19(27)14-28-20;1-35-24-14-23(28-17-29-24)31-9-11-32(12-10-31)25(34)16-33-22(18-5-3-2-4-6-18)13-21(30-33)20-8-7-19(26)15-27-20;25-18-4-2-17(3-5-18)22-14-21(20-7-6-19(26)15-29-20)30-33(22)16-23(34)31-10-12-32(13-11-31)24-27-8-1-9-28-24;25-18-5-3-17(4-6-18)22-14-21(20-8-7-19(26)15-27-20)30-33(22)16-24(34)32-12-10-31(11-13-32)23-2-1-9-28-29-23/h2-7,12-14,16H,8-11,15H2,1H3;2-8,13-15,17H,9-12,16H2,1H3;2*1-9,14-15H,10-13,16H2. The van der Waals surface area contributed by atoms with E-state index in [1.54, 1.807) is 145 Å². The number of carbonyl (C=O) groups is 4. The van der Waals surface area contributed by atoms with Crippen LogP contribution in [0.1, 0.15) is 0 Å². The molecule has 0 saturated carbocycles. The van der Waals surface area contributed by atoms with Crippen LogP contribution < -0.4 is 29.1 Å². The van der Waals surface area contributed by atoms with Gasteiger partial charge >= 0.3 is 0 Å². The minimum absolute atomic E-state index is 0.00473. The van der Waals surface area contributed by atoms with Gasteiger partial charge in [-0.25, -0.2) is 60.6 Å². The molecule has 0 spiro atoms. The molecule has 139 heavy (non-hydrogen) atoms. The van der Waals surface area contributed by atoms with Gasteiger partial charge in [-0.05, 0) is 169 Å². The molecule has 0 atom stereocenters. The molecule has 0 aliphatic carbocycles. The molecule has 706 valence electrons. The number of aromatic nitrogens is 20. The molecule has 0 bridgehead atoms. The first-order valence-corrected chi connectivity index (χ1v) is 44.2. The summed E-state index contributed by atoms with van der Waals surface area (Å²) in [7, 11) is 3.12. The van der Waals surface area contributed by atoms with Gasteiger partial charge in [0.1, 0.15) is 114 Å². The zero-order valence-corrected chi connectivity index (χ0v) is 75.1. The predicted molar refractivity (Wildman–Crippen MR) is 500 cm³/mol. The molecule has 16 heterocycles. The number of nitrogens with zero attached hydrogens (tertiary/aromatic N) is 28. The molecule has 0 unspecified atom stereocenters. The van der Waals surface area contributed by atoms with Gasteiger partial charge in [0.15, 0.2) is 5.82 Å². The van der Waals surface area contributed by atoms with Gasteiger partial charge in [0.25, 0.3) is 0 Å². The number of methoxy groups -OCH3 is 2. The van der Waals surface area contributed by atoms with Crippen molar-refractivity contribution < 1.29 is 59.4 Å². The number of hydrogen-bond acceptors (Lipinski definition) is 26. The third kappa shape index (κ3) is 23.6. The van der Waals surface area contributed by atoms with E-state index in [0.717, 1.165) is 53.5 Å². The lowest BCUT2D eigenvalue weighted by Crippen LogP contribution is -2.50. The van der Waals surface area contributed by atoms with Gasteiger partial charge in [0, 0.05) is 152 Å². The summed E-state index contributed by atoms with van der Waals surface area (Å²) in [5.41, 5.74) is 9.83. The number of benzene rings is 4. The Bertz CT molecular complexity index is 6630. The predicted octanol–water partition coefficient (Wildman–Crippen LogP) is 12.0. The lowest BCUT2D eigenvalue weighted by Gasteiger charge is -2.35. The first-order valence-electron chi connectivity index (χ1n) is 44.2. The monoisotopic (exact) mass is 1890 g/mol. The topological polar surface area (TPSA) is 339 Å². The van der Waals surface area contributed by atoms with Crippen molar-refractivity contribution in [2.45, 2.75) is 26.2 Å². The first kappa shape index (κ1) is 93.6. The summed E-state index contributed by atoms with van der Waals surface area (Å²) >= 11 is 0. The van der Waals surface area contributed by atoms with Crippen LogP contribution in [0.5, 0.6) is 11.8 Å². The molecular formula is C98H89F7N28O6. The smallest absolute Gasteiger partial charge is 0.244 e. The Labute approximate surface area is 791 Å². The number of halogens is 7. The van der Waals surface area contributed by atoms with Gasteiger partial charge in [-0.1, -0.05) is 30.3 Å². The van der Waals surface area contributed by atoms with Crippen LogP contribution in [0.4, 0.5) is 54.1 Å². The normalized spacial score (nSPS) is 13.7. The Morgan fingerprint density at radius 3 is 0.856 bits per heavy atom. The minimum Gasteiger partial charge on any atom is -0.481 e. The maximum atomic E-state index is 13.5. The molecule has 4 amide bonds. The zero-order valence-electron chi connectivity index (χ0n) is 75.1. The van der Waals surface area contributed by atoms with Crippen LogP contribution in [0.2, 0.25) is 0 Å². The van der Waals surface area contributed by atoms with Crippen LogP contribution >= 0.6 is 0 Å². The lowest BCUT2D eigenvalue weighted by atomic mass is 10.1. The highest BCUT2D eigenvalue weighted by molar-refractivity contribution is 5.81. The average Bonchev–Trinajstić information content (AvgIpc) is 1.67. The number of pyridine rings is 4. The summed E-state index contributed by atoms with van der Waals surface area (Å²) < 4.78 is 111. The highest BCUT2D eigenvalue weighted by Gasteiger charge is 2.31. The van der Waals surface area contributed by atoms with E-state index in [2.05, 4.69) is 95.1 Å². The Morgan fingerprint density at radius 2 is 0.568 bits per heavy atom. The van der Waals surface area contributed by atoms with E-state index in [-0.39, 0.29) is 67.3 Å². The van der Waals surface area contributed by atoms with E-state index in [1.807, 2.05) is 58.3 Å². The summed E-state index contributed by atoms with van der Waals surface area (Å²) in [6, 6.07) is 55.3. The first-order chi connectivity index (χ1) is 67.7. The number of ether oxygens (including phenoxy) is 2. The summed E-state index contributed by atoms with van der Waals surface area (Å²) in [6.45, 7) is 9.55. The van der Waals surface area contributed by atoms with Gasteiger partial charge in [-0.15, -0.1) is 5.10 Å². The number of hydrogen-bond donors (Lipinski definition) is 0. The Kier molecular flexibility index (Phi) is 29.6. The fourth-order valence-electron chi connectivity index (χ4n) is 15.9. The molecule has 41 heteroatoms. The molecule has 0 N–H and O–H groups in total. The van der Waals surface area contributed by atoms with Gasteiger partial charge in [-0.3, -0.25) is 57.8 Å². The number of amides is 4. The van der Waals surface area contributed by atoms with Crippen LogP contribution in [0.3, 0.4) is 0 Å². The van der Waals surface area contributed by atoms with Crippen molar-refractivity contribution in [1.82, 2.24) is 119 Å².